The van der Waals surface area contributed by atoms with Crippen LogP contribution in [0, 0.1) is 10.1 Å². The molecular weight excluding hydrogens is 382 g/mol. The van der Waals surface area contributed by atoms with Gasteiger partial charge in [0.25, 0.3) is 5.69 Å². The molecule has 3 aromatic rings. The molecule has 0 atom stereocenters. The maximum Gasteiger partial charge on any atom is 0.269 e. The third-order valence-corrected chi connectivity index (χ3v) is 5.36. The lowest BCUT2D eigenvalue weighted by Crippen LogP contribution is -2.48. The van der Waals surface area contributed by atoms with Crippen LogP contribution in [0.2, 0.25) is 0 Å². The number of rotatable bonds is 6. The molecule has 7 heteroatoms. The molecule has 0 unspecified atom stereocenters. The smallest absolute Gasteiger partial charge is 0.269 e. The van der Waals surface area contributed by atoms with Crippen LogP contribution in [-0.2, 0) is 11.2 Å². The van der Waals surface area contributed by atoms with Crippen LogP contribution in [0.1, 0.15) is 12.2 Å². The third-order valence-electron chi connectivity index (χ3n) is 5.36. The number of benzene rings is 2. The number of hydrogen-bond donors (Lipinski definition) is 0. The SMILES string of the molecule is O=C(CCc1ccc(-c2ccccc2)o1)N1CCN(c2ccc([N+](=O)[O-])cc2)CC1. The van der Waals surface area contributed by atoms with Gasteiger partial charge in [0.15, 0.2) is 0 Å². The Kier molecular flexibility index (Phi) is 5.79. The molecule has 1 saturated heterocycles. The van der Waals surface area contributed by atoms with Crippen molar-refractivity contribution in [3.63, 3.8) is 0 Å². The molecule has 1 aromatic heterocycles. The van der Waals surface area contributed by atoms with Crippen LogP contribution in [0.5, 0.6) is 0 Å². The standard InChI is InChI=1S/C23H23N3O4/c27-23(13-11-21-10-12-22(30-21)18-4-2-1-3-5-18)25-16-14-24(15-17-25)19-6-8-20(9-7-19)26(28)29/h1-10,12H,11,13-17H2. The Hall–Kier alpha value is -3.61. The number of piperazine rings is 1. The second-order valence-corrected chi connectivity index (χ2v) is 7.27. The highest BCUT2D eigenvalue weighted by Crippen LogP contribution is 2.23. The van der Waals surface area contributed by atoms with Crippen LogP contribution in [-0.4, -0.2) is 41.9 Å². The molecule has 2 heterocycles. The predicted molar refractivity (Wildman–Crippen MR) is 114 cm³/mol. The molecule has 30 heavy (non-hydrogen) atoms. The summed E-state index contributed by atoms with van der Waals surface area (Å²) in [5.41, 5.74) is 2.05. The highest BCUT2D eigenvalue weighted by Gasteiger charge is 2.22. The van der Waals surface area contributed by atoms with Gasteiger partial charge in [-0.3, -0.25) is 14.9 Å². The number of aryl methyl sites for hydroxylation is 1. The van der Waals surface area contributed by atoms with Gasteiger partial charge in [0.2, 0.25) is 5.91 Å². The van der Waals surface area contributed by atoms with Gasteiger partial charge in [-0.1, -0.05) is 30.3 Å². The van der Waals surface area contributed by atoms with E-state index in [1.54, 1.807) is 12.1 Å². The van der Waals surface area contributed by atoms with Crippen molar-refractivity contribution in [3.05, 3.63) is 82.6 Å². The molecule has 0 aliphatic carbocycles. The Bertz CT molecular complexity index is 1010. The first-order valence-electron chi connectivity index (χ1n) is 10.0. The largest absolute Gasteiger partial charge is 0.461 e. The molecule has 4 rings (SSSR count). The highest BCUT2D eigenvalue weighted by atomic mass is 16.6. The molecule has 7 nitrogen and oxygen atoms in total. The molecule has 0 bridgehead atoms. The van der Waals surface area contributed by atoms with Crippen LogP contribution in [0.15, 0.2) is 71.1 Å². The second kappa shape index (κ2) is 8.82. The number of hydrogen-bond acceptors (Lipinski definition) is 5. The van der Waals surface area contributed by atoms with E-state index in [1.807, 2.05) is 47.4 Å². The average Bonchev–Trinajstić information content (AvgIpc) is 3.27. The monoisotopic (exact) mass is 405 g/mol. The molecule has 1 aliphatic heterocycles. The van der Waals surface area contributed by atoms with Crippen LogP contribution < -0.4 is 4.90 Å². The molecule has 0 saturated carbocycles. The van der Waals surface area contributed by atoms with Gasteiger partial charge in [0.1, 0.15) is 11.5 Å². The lowest BCUT2D eigenvalue weighted by Gasteiger charge is -2.36. The first-order valence-corrected chi connectivity index (χ1v) is 10.0. The minimum Gasteiger partial charge on any atom is -0.461 e. The summed E-state index contributed by atoms with van der Waals surface area (Å²) in [5.74, 6) is 1.75. The maximum atomic E-state index is 12.6. The van der Waals surface area contributed by atoms with Crippen LogP contribution in [0.3, 0.4) is 0 Å². The number of non-ortho nitro benzene ring substituents is 1. The van der Waals surface area contributed by atoms with E-state index in [0.29, 0.717) is 39.0 Å². The van der Waals surface area contributed by atoms with Crippen LogP contribution in [0.25, 0.3) is 11.3 Å². The van der Waals surface area contributed by atoms with Crippen molar-refractivity contribution in [2.75, 3.05) is 31.1 Å². The van der Waals surface area contributed by atoms with E-state index in [-0.39, 0.29) is 11.6 Å². The van der Waals surface area contributed by atoms with E-state index in [1.165, 1.54) is 12.1 Å². The Morgan fingerprint density at radius 3 is 2.30 bits per heavy atom. The van der Waals surface area contributed by atoms with Crippen molar-refractivity contribution in [2.24, 2.45) is 0 Å². The molecule has 0 radical (unpaired) electrons. The van der Waals surface area contributed by atoms with E-state index >= 15 is 0 Å². The summed E-state index contributed by atoms with van der Waals surface area (Å²) in [7, 11) is 0. The Balaban J connectivity index is 1.26. The average molecular weight is 405 g/mol. The summed E-state index contributed by atoms with van der Waals surface area (Å²) in [5, 5.41) is 10.8. The summed E-state index contributed by atoms with van der Waals surface area (Å²) in [4.78, 5) is 27.0. The fourth-order valence-corrected chi connectivity index (χ4v) is 3.66. The number of anilines is 1. The number of carbonyl (C=O) groups is 1. The Morgan fingerprint density at radius 1 is 0.933 bits per heavy atom. The molecule has 0 N–H and O–H groups in total. The summed E-state index contributed by atoms with van der Waals surface area (Å²) in [6.07, 6.45) is 0.994. The first kappa shape index (κ1) is 19.7. The van der Waals surface area contributed by atoms with Crippen molar-refractivity contribution >= 4 is 17.3 Å². The molecule has 1 amide bonds. The topological polar surface area (TPSA) is 79.8 Å². The van der Waals surface area contributed by atoms with Crippen molar-refractivity contribution in [1.82, 2.24) is 4.90 Å². The highest BCUT2D eigenvalue weighted by molar-refractivity contribution is 5.76. The summed E-state index contributed by atoms with van der Waals surface area (Å²) in [6.45, 7) is 2.71. The normalized spacial score (nSPS) is 14.0. The zero-order valence-electron chi connectivity index (χ0n) is 16.6. The molecule has 2 aromatic carbocycles. The van der Waals surface area contributed by atoms with Gasteiger partial charge >= 0.3 is 0 Å². The van der Waals surface area contributed by atoms with E-state index in [9.17, 15) is 14.9 Å². The lowest BCUT2D eigenvalue weighted by atomic mass is 10.2. The number of nitro benzene ring substituents is 1. The fourth-order valence-electron chi connectivity index (χ4n) is 3.66. The Morgan fingerprint density at radius 2 is 1.63 bits per heavy atom. The molecule has 154 valence electrons. The van der Waals surface area contributed by atoms with Gasteiger partial charge in [-0.05, 0) is 24.3 Å². The summed E-state index contributed by atoms with van der Waals surface area (Å²) < 4.78 is 5.88. The lowest BCUT2D eigenvalue weighted by molar-refractivity contribution is -0.384. The molecule has 0 spiro atoms. The Labute approximate surface area is 174 Å². The number of nitrogens with zero attached hydrogens (tertiary/aromatic N) is 3. The number of nitro groups is 1. The van der Waals surface area contributed by atoms with E-state index in [0.717, 1.165) is 22.8 Å². The zero-order valence-corrected chi connectivity index (χ0v) is 16.6. The van der Waals surface area contributed by atoms with Crippen molar-refractivity contribution in [2.45, 2.75) is 12.8 Å². The zero-order chi connectivity index (χ0) is 20.9. The predicted octanol–water partition coefficient (Wildman–Crippen LogP) is 4.14. The van der Waals surface area contributed by atoms with Gasteiger partial charge in [-0.15, -0.1) is 0 Å². The van der Waals surface area contributed by atoms with E-state index in [4.69, 9.17) is 4.42 Å². The molecular formula is C23H23N3O4. The molecule has 1 fully saturated rings. The van der Waals surface area contributed by atoms with Gasteiger partial charge < -0.3 is 14.2 Å². The van der Waals surface area contributed by atoms with Gasteiger partial charge in [0, 0.05) is 62.4 Å². The quantitative estimate of drug-likeness (QED) is 0.455. The van der Waals surface area contributed by atoms with Crippen LogP contribution in [0.4, 0.5) is 11.4 Å². The minimum absolute atomic E-state index is 0.0842. The summed E-state index contributed by atoms with van der Waals surface area (Å²) in [6, 6.07) is 20.3. The van der Waals surface area contributed by atoms with Gasteiger partial charge in [0.05, 0.1) is 4.92 Å². The first-order chi connectivity index (χ1) is 14.6. The number of amides is 1. The third kappa shape index (κ3) is 4.51. The maximum absolute atomic E-state index is 12.6. The molecule has 1 aliphatic rings. The van der Waals surface area contributed by atoms with Gasteiger partial charge in [-0.2, -0.15) is 0 Å². The summed E-state index contributed by atoms with van der Waals surface area (Å²) >= 11 is 0. The van der Waals surface area contributed by atoms with E-state index < -0.39 is 4.92 Å². The minimum atomic E-state index is -0.401. The number of carbonyl (C=O) groups excluding carboxylic acids is 1. The van der Waals surface area contributed by atoms with Crippen molar-refractivity contribution in [3.8, 4) is 11.3 Å². The van der Waals surface area contributed by atoms with Crippen molar-refractivity contribution in [1.29, 1.82) is 0 Å². The second-order valence-electron chi connectivity index (χ2n) is 7.27. The van der Waals surface area contributed by atoms with E-state index in [2.05, 4.69) is 4.90 Å². The fraction of sp³-hybridized carbons (Fsp3) is 0.261. The van der Waals surface area contributed by atoms with Crippen LogP contribution >= 0.6 is 0 Å². The van der Waals surface area contributed by atoms with Gasteiger partial charge in [-0.25, -0.2) is 0 Å². The van der Waals surface area contributed by atoms with Crippen molar-refractivity contribution < 1.29 is 14.1 Å². The number of furan rings is 1.